The molecular formula is C23H35N5O7. The molecule has 0 radical (unpaired) electrons. The molecule has 7 N–H and O–H groups in total. The van der Waals surface area contributed by atoms with Gasteiger partial charge in [-0.2, -0.15) is 0 Å². The van der Waals surface area contributed by atoms with E-state index in [0.717, 1.165) is 5.56 Å². The van der Waals surface area contributed by atoms with Gasteiger partial charge in [0.1, 0.15) is 24.3 Å². The molecule has 2 atom stereocenters. The number of nitrogens with two attached hydrogens (primary N) is 2. The van der Waals surface area contributed by atoms with Crippen molar-refractivity contribution in [3.05, 3.63) is 35.9 Å². The highest BCUT2D eigenvalue weighted by atomic mass is 16.6. The fraction of sp³-hybridized carbons (Fsp3) is 0.522. The smallest absolute Gasteiger partial charge is 0.408 e. The lowest BCUT2D eigenvalue weighted by molar-refractivity contribution is -0.150. The van der Waals surface area contributed by atoms with E-state index in [1.807, 2.05) is 6.07 Å². The Labute approximate surface area is 204 Å². The van der Waals surface area contributed by atoms with Crippen molar-refractivity contribution in [2.24, 2.45) is 16.5 Å². The van der Waals surface area contributed by atoms with Gasteiger partial charge in [-0.05, 0) is 45.6 Å². The van der Waals surface area contributed by atoms with E-state index in [1.165, 1.54) is 0 Å². The van der Waals surface area contributed by atoms with Gasteiger partial charge in [0.2, 0.25) is 5.91 Å². The molecule has 0 aromatic heterocycles. The van der Waals surface area contributed by atoms with Gasteiger partial charge in [0.25, 0.3) is 0 Å². The fourth-order valence-corrected chi connectivity index (χ4v) is 2.84. The van der Waals surface area contributed by atoms with Gasteiger partial charge >= 0.3 is 18.0 Å². The molecule has 0 fully saturated rings. The number of carbonyl (C=O) groups is 4. The predicted octanol–water partition coefficient (Wildman–Crippen LogP) is 1.03. The third-order valence-corrected chi connectivity index (χ3v) is 4.42. The molecule has 0 aliphatic carbocycles. The third kappa shape index (κ3) is 13.5. The molecule has 0 heterocycles. The summed E-state index contributed by atoms with van der Waals surface area (Å²) in [5.41, 5.74) is 10.5. The van der Waals surface area contributed by atoms with E-state index >= 15 is 0 Å². The summed E-state index contributed by atoms with van der Waals surface area (Å²) >= 11 is 0. The summed E-state index contributed by atoms with van der Waals surface area (Å²) in [5, 5.41) is 14.0. The molecule has 0 saturated carbocycles. The molecular weight excluding hydrogens is 458 g/mol. The second-order valence-electron chi connectivity index (χ2n) is 8.73. The Hall–Kier alpha value is -3.83. The number of alkyl carbamates (subject to hydrolysis) is 1. The van der Waals surface area contributed by atoms with Gasteiger partial charge in [-0.25, -0.2) is 9.59 Å². The Morgan fingerprint density at radius 2 is 1.69 bits per heavy atom. The minimum atomic E-state index is -1.23. The molecule has 0 aliphatic heterocycles. The van der Waals surface area contributed by atoms with Gasteiger partial charge in [-0.3, -0.25) is 14.6 Å². The van der Waals surface area contributed by atoms with Crippen LogP contribution in [-0.4, -0.2) is 59.2 Å². The van der Waals surface area contributed by atoms with Gasteiger partial charge in [-0.1, -0.05) is 30.3 Å². The minimum Gasteiger partial charge on any atom is -0.481 e. The minimum absolute atomic E-state index is 0.0444. The lowest BCUT2D eigenvalue weighted by Crippen LogP contribution is -2.52. The first-order valence-corrected chi connectivity index (χ1v) is 11.1. The number of guanidine groups is 1. The number of hydrogen-bond donors (Lipinski definition) is 5. The van der Waals surface area contributed by atoms with Gasteiger partial charge in [0.15, 0.2) is 5.96 Å². The van der Waals surface area contributed by atoms with E-state index in [-0.39, 0.29) is 38.4 Å². The zero-order chi connectivity index (χ0) is 26.4. The standard InChI is InChI=1S/C23H35N5O7/c1-23(2,3)35-22(33)28-16(10-7-13-26-21(24)25)19(31)27-17(11-12-18(29)30)20(32)34-14-15-8-5-4-6-9-15/h4-6,8-9,16-17H,7,10-14H2,1-3H3,(H,27,31)(H,28,33)(H,29,30)(H4,24,25,26)/t16-,17-/m0/s1. The number of carboxylic acids is 1. The summed E-state index contributed by atoms with van der Waals surface area (Å²) in [6.45, 7) is 5.18. The van der Waals surface area contributed by atoms with Crippen molar-refractivity contribution in [2.75, 3.05) is 6.54 Å². The van der Waals surface area contributed by atoms with Crippen molar-refractivity contribution in [3.8, 4) is 0 Å². The second kappa shape index (κ2) is 14.4. The van der Waals surface area contributed by atoms with Gasteiger partial charge in [0.05, 0.1) is 0 Å². The molecule has 1 aromatic carbocycles. The lowest BCUT2D eigenvalue weighted by Gasteiger charge is -2.25. The second-order valence-corrected chi connectivity index (χ2v) is 8.73. The van der Waals surface area contributed by atoms with Crippen molar-refractivity contribution in [2.45, 2.75) is 70.7 Å². The van der Waals surface area contributed by atoms with E-state index in [2.05, 4.69) is 15.6 Å². The van der Waals surface area contributed by atoms with Crippen molar-refractivity contribution in [1.82, 2.24) is 10.6 Å². The molecule has 35 heavy (non-hydrogen) atoms. The Balaban J connectivity index is 2.91. The van der Waals surface area contributed by atoms with Gasteiger partial charge in [-0.15, -0.1) is 0 Å². The molecule has 2 amide bonds. The molecule has 194 valence electrons. The molecule has 0 unspecified atom stereocenters. The number of rotatable bonds is 13. The van der Waals surface area contributed by atoms with Gasteiger partial charge < -0.3 is 36.7 Å². The SMILES string of the molecule is CC(C)(C)OC(=O)N[C@@H](CCCN=C(N)N)C(=O)N[C@@H](CCC(=O)O)C(=O)OCc1ccccc1. The maximum absolute atomic E-state index is 13.0. The summed E-state index contributed by atoms with van der Waals surface area (Å²) in [5.74, 6) is -2.74. The maximum atomic E-state index is 13.0. The van der Waals surface area contributed by atoms with E-state index < -0.39 is 41.6 Å². The van der Waals surface area contributed by atoms with Crippen molar-refractivity contribution < 1.29 is 33.8 Å². The topological polar surface area (TPSA) is 195 Å². The van der Waals surface area contributed by atoms with E-state index in [0.29, 0.717) is 6.42 Å². The highest BCUT2D eigenvalue weighted by Crippen LogP contribution is 2.10. The first-order valence-electron chi connectivity index (χ1n) is 11.1. The number of benzene rings is 1. The average molecular weight is 494 g/mol. The number of carboxylic acid groups (broad SMARTS) is 1. The molecule has 0 saturated heterocycles. The number of carbonyl (C=O) groups excluding carboxylic acids is 3. The van der Waals surface area contributed by atoms with Crippen LogP contribution in [0.2, 0.25) is 0 Å². The molecule has 0 bridgehead atoms. The van der Waals surface area contributed by atoms with Crippen LogP contribution in [0.25, 0.3) is 0 Å². The normalized spacial score (nSPS) is 12.5. The highest BCUT2D eigenvalue weighted by molar-refractivity contribution is 5.90. The quantitative estimate of drug-likeness (QED) is 0.115. The van der Waals surface area contributed by atoms with Crippen LogP contribution in [0.4, 0.5) is 4.79 Å². The van der Waals surface area contributed by atoms with Crippen LogP contribution >= 0.6 is 0 Å². The summed E-state index contributed by atoms with van der Waals surface area (Å²) in [7, 11) is 0. The van der Waals surface area contributed by atoms with Crippen LogP contribution in [-0.2, 0) is 30.5 Å². The molecule has 0 aliphatic rings. The molecule has 0 spiro atoms. The number of ether oxygens (including phenoxy) is 2. The average Bonchev–Trinajstić information content (AvgIpc) is 2.76. The Bertz CT molecular complexity index is 880. The third-order valence-electron chi connectivity index (χ3n) is 4.42. The Morgan fingerprint density at radius 3 is 2.26 bits per heavy atom. The number of amides is 2. The number of aliphatic carboxylic acids is 1. The van der Waals surface area contributed by atoms with Crippen LogP contribution in [0.5, 0.6) is 0 Å². The Morgan fingerprint density at radius 1 is 1.03 bits per heavy atom. The van der Waals surface area contributed by atoms with E-state index in [1.54, 1.807) is 45.0 Å². The Kier molecular flexibility index (Phi) is 12.0. The number of esters is 1. The zero-order valence-electron chi connectivity index (χ0n) is 20.3. The number of hydrogen-bond acceptors (Lipinski definition) is 7. The molecule has 12 heteroatoms. The lowest BCUT2D eigenvalue weighted by atomic mass is 10.1. The van der Waals surface area contributed by atoms with Crippen LogP contribution < -0.4 is 22.1 Å². The van der Waals surface area contributed by atoms with Crippen LogP contribution in [0.3, 0.4) is 0 Å². The number of aliphatic imine (C=N–C) groups is 1. The largest absolute Gasteiger partial charge is 0.481 e. The summed E-state index contributed by atoms with van der Waals surface area (Å²) < 4.78 is 10.5. The maximum Gasteiger partial charge on any atom is 0.408 e. The zero-order valence-corrected chi connectivity index (χ0v) is 20.3. The fourth-order valence-electron chi connectivity index (χ4n) is 2.84. The van der Waals surface area contributed by atoms with Gasteiger partial charge in [0, 0.05) is 13.0 Å². The molecule has 1 rings (SSSR count). The van der Waals surface area contributed by atoms with E-state index in [9.17, 15) is 19.2 Å². The van der Waals surface area contributed by atoms with Crippen LogP contribution in [0.1, 0.15) is 52.0 Å². The summed E-state index contributed by atoms with van der Waals surface area (Å²) in [4.78, 5) is 52.8. The number of nitrogens with one attached hydrogen (secondary N) is 2. The first-order chi connectivity index (χ1) is 16.4. The highest BCUT2D eigenvalue weighted by Gasteiger charge is 2.29. The predicted molar refractivity (Wildman–Crippen MR) is 128 cm³/mol. The monoisotopic (exact) mass is 493 g/mol. The van der Waals surface area contributed by atoms with Crippen molar-refractivity contribution in [1.29, 1.82) is 0 Å². The van der Waals surface area contributed by atoms with Crippen molar-refractivity contribution >= 4 is 29.9 Å². The first kappa shape index (κ1) is 29.2. The van der Waals surface area contributed by atoms with Crippen molar-refractivity contribution in [3.63, 3.8) is 0 Å². The van der Waals surface area contributed by atoms with E-state index in [4.69, 9.17) is 26.0 Å². The number of nitrogens with zero attached hydrogens (tertiary/aromatic N) is 1. The summed E-state index contributed by atoms with van der Waals surface area (Å²) in [6, 6.07) is 6.57. The summed E-state index contributed by atoms with van der Waals surface area (Å²) in [6.07, 6.45) is -0.924. The molecule has 12 nitrogen and oxygen atoms in total. The van der Waals surface area contributed by atoms with Crippen LogP contribution in [0, 0.1) is 0 Å². The van der Waals surface area contributed by atoms with Crippen LogP contribution in [0.15, 0.2) is 35.3 Å². The molecule has 1 aromatic rings.